The molecule has 0 fully saturated rings. The fourth-order valence-corrected chi connectivity index (χ4v) is 4.85. The third kappa shape index (κ3) is 7.89. The van der Waals surface area contributed by atoms with E-state index in [9.17, 15) is 29.1 Å². The first-order chi connectivity index (χ1) is 21.5. The van der Waals surface area contributed by atoms with Gasteiger partial charge in [-0.25, -0.2) is 4.79 Å². The van der Waals surface area contributed by atoms with Gasteiger partial charge in [-0.05, 0) is 46.5 Å². The van der Waals surface area contributed by atoms with Crippen molar-refractivity contribution in [3.63, 3.8) is 0 Å². The Bertz CT molecular complexity index is 1530. The maximum Gasteiger partial charge on any atom is 0.331 e. The average molecular weight is 631 g/mol. The van der Waals surface area contributed by atoms with Crippen molar-refractivity contribution >= 4 is 52.1 Å². The number of hydrogen-bond donors (Lipinski definition) is 3. The fraction of sp³-hybridized carbons (Fsp3) is 0.265. The highest BCUT2D eigenvalue weighted by Crippen LogP contribution is 2.26. The molecule has 0 radical (unpaired) electrons. The lowest BCUT2D eigenvalue weighted by atomic mass is 9.96. The Morgan fingerprint density at radius 1 is 0.630 bits per heavy atom. The molecule has 0 saturated heterocycles. The van der Waals surface area contributed by atoms with Gasteiger partial charge in [0.05, 0.1) is 0 Å². The quantitative estimate of drug-likeness (QED) is 0.211. The third-order valence-electron chi connectivity index (χ3n) is 7.79. The van der Waals surface area contributed by atoms with Crippen molar-refractivity contribution in [2.75, 3.05) is 39.7 Å². The minimum absolute atomic E-state index is 0.116. The summed E-state index contributed by atoms with van der Waals surface area (Å²) in [5.41, 5.74) is 13.8. The predicted molar refractivity (Wildman–Crippen MR) is 180 cm³/mol. The zero-order valence-corrected chi connectivity index (χ0v) is 26.8. The first kappa shape index (κ1) is 36.5. The summed E-state index contributed by atoms with van der Waals surface area (Å²) in [6, 6.07) is 7.48. The number of rotatable bonds is 14. The Morgan fingerprint density at radius 2 is 0.978 bits per heavy atom. The summed E-state index contributed by atoms with van der Waals surface area (Å²) in [6.07, 6.45) is 2.48. The van der Waals surface area contributed by atoms with Crippen LogP contribution < -0.4 is 11.5 Å². The van der Waals surface area contributed by atoms with E-state index in [2.05, 4.69) is 26.3 Å². The highest BCUT2D eigenvalue weighted by Gasteiger charge is 2.40. The summed E-state index contributed by atoms with van der Waals surface area (Å²) in [7, 11) is 5.42. The normalized spacial score (nSPS) is 13.2. The molecule has 12 nitrogen and oxygen atoms in total. The van der Waals surface area contributed by atoms with Crippen molar-refractivity contribution in [3.8, 4) is 0 Å². The molecule has 5 N–H and O–H groups in total. The maximum absolute atomic E-state index is 14.3. The second kappa shape index (κ2) is 15.4. The summed E-state index contributed by atoms with van der Waals surface area (Å²) in [5.74, 6) is -3.90. The van der Waals surface area contributed by atoms with Crippen LogP contribution in [-0.4, -0.2) is 107 Å². The summed E-state index contributed by atoms with van der Waals surface area (Å²) in [4.78, 5) is 70.6. The largest absolute Gasteiger partial charge is 0.479 e. The van der Waals surface area contributed by atoms with Gasteiger partial charge in [-0.15, -0.1) is 13.2 Å². The van der Waals surface area contributed by atoms with Gasteiger partial charge in [-0.3, -0.25) is 19.2 Å². The lowest BCUT2D eigenvalue weighted by molar-refractivity contribution is -0.151. The van der Waals surface area contributed by atoms with E-state index >= 15 is 0 Å². The molecule has 0 spiro atoms. The van der Waals surface area contributed by atoms with Gasteiger partial charge < -0.3 is 36.2 Å². The number of likely N-dealkylation sites (N-methyl/N-ethyl adjacent to an activating group) is 4. The van der Waals surface area contributed by atoms with E-state index in [1.54, 1.807) is 48.5 Å². The molecule has 4 amide bonds. The van der Waals surface area contributed by atoms with E-state index < -0.39 is 53.8 Å². The van der Waals surface area contributed by atoms with E-state index in [-0.39, 0.29) is 11.1 Å². The number of benzene rings is 2. The van der Waals surface area contributed by atoms with Crippen molar-refractivity contribution < 1.29 is 29.1 Å². The molecule has 0 bridgehead atoms. The molecule has 0 aliphatic heterocycles. The molecule has 12 heteroatoms. The molecule has 244 valence electrons. The van der Waals surface area contributed by atoms with Gasteiger partial charge in [0, 0.05) is 46.5 Å². The molecule has 0 aliphatic rings. The molecular formula is C34H42N6O6. The number of nitrogens with two attached hydrogens (primary N) is 2. The van der Waals surface area contributed by atoms with Gasteiger partial charge >= 0.3 is 5.97 Å². The first-order valence-electron chi connectivity index (χ1n) is 14.1. The number of hydrogen-bond acceptors (Lipinski definition) is 7. The van der Waals surface area contributed by atoms with Crippen LogP contribution in [0.1, 0.15) is 18.1 Å². The number of carbonyl (C=O) groups is 5. The van der Waals surface area contributed by atoms with Crippen LogP contribution in [0, 0.1) is 0 Å². The predicted octanol–water partition coefficient (Wildman–Crippen LogP) is 2.36. The molecular weight excluding hydrogens is 588 g/mol. The fourth-order valence-electron chi connectivity index (χ4n) is 4.85. The Hall–Kier alpha value is -5.65. The molecule has 2 aromatic carbocycles. The average Bonchev–Trinajstić information content (AvgIpc) is 3.01. The van der Waals surface area contributed by atoms with Gasteiger partial charge in [0.1, 0.15) is 18.1 Å². The number of carboxylic acid groups (broad SMARTS) is 1. The zero-order valence-electron chi connectivity index (χ0n) is 26.8. The second-order valence-electron chi connectivity index (χ2n) is 10.8. The molecule has 46 heavy (non-hydrogen) atoms. The SMILES string of the molecule is C=C[C@@H](C(=O)N(C)[C@H](C(=C)c1ccc(N)cc1)C(=O)N(C)[C@@H](C=C)C(=O)N(C)[C@H](C(=C)c1ccc(N)cc1)C(=O)O)N(C)C(C)=O. The first-order valence-corrected chi connectivity index (χ1v) is 14.1. The Labute approximate surface area is 269 Å². The minimum Gasteiger partial charge on any atom is -0.479 e. The highest BCUT2D eigenvalue weighted by atomic mass is 16.4. The number of nitrogen functional groups attached to an aromatic ring is 2. The number of nitrogens with zero attached hydrogens (tertiary/aromatic N) is 4. The number of carboxylic acids is 1. The van der Waals surface area contributed by atoms with Gasteiger partial charge in [-0.1, -0.05) is 49.6 Å². The van der Waals surface area contributed by atoms with Crippen LogP contribution in [0.15, 0.2) is 87.0 Å². The zero-order chi connectivity index (χ0) is 35.0. The van der Waals surface area contributed by atoms with Crippen LogP contribution >= 0.6 is 0 Å². The number of aliphatic carboxylic acids is 1. The van der Waals surface area contributed by atoms with Crippen LogP contribution in [0.3, 0.4) is 0 Å². The van der Waals surface area contributed by atoms with Crippen molar-refractivity contribution in [1.29, 1.82) is 0 Å². The highest BCUT2D eigenvalue weighted by molar-refractivity contribution is 6.03. The van der Waals surface area contributed by atoms with Gasteiger partial charge in [0.25, 0.3) is 5.91 Å². The van der Waals surface area contributed by atoms with E-state index in [1.807, 2.05) is 0 Å². The van der Waals surface area contributed by atoms with Crippen LogP contribution in [0.5, 0.6) is 0 Å². The molecule has 0 aromatic heterocycles. The van der Waals surface area contributed by atoms with Gasteiger partial charge in [0.15, 0.2) is 6.04 Å². The third-order valence-corrected chi connectivity index (χ3v) is 7.79. The summed E-state index contributed by atoms with van der Waals surface area (Å²) in [6.45, 7) is 16.7. The Morgan fingerprint density at radius 3 is 1.33 bits per heavy atom. The van der Waals surface area contributed by atoms with Crippen LogP contribution in [0.25, 0.3) is 11.1 Å². The monoisotopic (exact) mass is 630 g/mol. The lowest BCUT2D eigenvalue weighted by Crippen LogP contribution is -2.58. The van der Waals surface area contributed by atoms with Crippen LogP contribution in [0.4, 0.5) is 11.4 Å². The topological polar surface area (TPSA) is 171 Å². The van der Waals surface area contributed by atoms with Crippen LogP contribution in [-0.2, 0) is 24.0 Å². The van der Waals surface area contributed by atoms with E-state index in [4.69, 9.17) is 11.5 Å². The molecule has 0 unspecified atom stereocenters. The Balaban J connectivity index is 2.54. The minimum atomic E-state index is -1.50. The van der Waals surface area contributed by atoms with Gasteiger partial charge in [-0.2, -0.15) is 0 Å². The van der Waals surface area contributed by atoms with Crippen molar-refractivity contribution in [1.82, 2.24) is 19.6 Å². The molecule has 0 saturated carbocycles. The number of anilines is 2. The van der Waals surface area contributed by atoms with Gasteiger partial charge in [0.2, 0.25) is 17.7 Å². The molecule has 2 rings (SSSR count). The molecule has 4 atom stereocenters. The summed E-state index contributed by atoms with van der Waals surface area (Å²) in [5, 5.41) is 10.1. The molecule has 2 aromatic rings. The Kier molecular flexibility index (Phi) is 12.2. The standard InChI is InChI=1S/C34H42N6O6/c1-10-27(37(6)22(5)41)31(42)39(8)29(20(3)23-12-16-25(35)17-13-23)33(44)38(7)28(11-2)32(43)40(9)30(34(45)46)21(4)24-14-18-26(36)19-15-24/h10-19,27-30H,1-4,35-36H2,5-9H3,(H,45,46)/t27-,28-,29+,30+/m0/s1. The maximum atomic E-state index is 14.3. The van der Waals surface area contributed by atoms with E-state index in [0.29, 0.717) is 22.5 Å². The molecule has 0 aliphatic carbocycles. The molecule has 0 heterocycles. The summed E-state index contributed by atoms with van der Waals surface area (Å²) >= 11 is 0. The van der Waals surface area contributed by atoms with Crippen molar-refractivity contribution in [3.05, 3.63) is 98.1 Å². The van der Waals surface area contributed by atoms with E-state index in [0.717, 1.165) is 14.7 Å². The lowest BCUT2D eigenvalue weighted by Gasteiger charge is -2.38. The van der Waals surface area contributed by atoms with Crippen molar-refractivity contribution in [2.24, 2.45) is 0 Å². The van der Waals surface area contributed by atoms with Crippen LogP contribution in [0.2, 0.25) is 0 Å². The van der Waals surface area contributed by atoms with E-state index in [1.165, 1.54) is 52.2 Å². The number of carbonyl (C=O) groups excluding carboxylic acids is 4. The van der Waals surface area contributed by atoms with Crippen molar-refractivity contribution in [2.45, 2.75) is 31.1 Å². The second-order valence-corrected chi connectivity index (χ2v) is 10.8. The number of amides is 4. The summed E-state index contributed by atoms with van der Waals surface area (Å²) < 4.78 is 0. The smallest absolute Gasteiger partial charge is 0.331 e.